The summed E-state index contributed by atoms with van der Waals surface area (Å²) < 4.78 is 45.0. The van der Waals surface area contributed by atoms with Gasteiger partial charge in [0, 0.05) is 5.92 Å². The Morgan fingerprint density at radius 1 is 1.09 bits per heavy atom. The summed E-state index contributed by atoms with van der Waals surface area (Å²) in [7, 11) is 0. The maximum Gasteiger partial charge on any atom is 0.422 e. The normalized spacial score (nSPS) is 15.3. The number of aliphatic carboxylic acids is 1. The van der Waals surface area contributed by atoms with Crippen LogP contribution in [-0.2, 0) is 14.3 Å². The van der Waals surface area contributed by atoms with Crippen LogP contribution in [0.15, 0.2) is 61.2 Å². The Morgan fingerprint density at radius 3 is 2.09 bits per heavy atom. The third kappa shape index (κ3) is 4.75. The van der Waals surface area contributed by atoms with E-state index in [9.17, 15) is 27.6 Å². The van der Waals surface area contributed by atoms with E-state index in [1.807, 2.05) is 48.5 Å². The molecule has 3 N–H and O–H groups in total. The topological polar surface area (TPSA) is 105 Å². The number of ether oxygens (including phenoxy) is 1. The number of carbonyl (C=O) groups is 3. The molecule has 10 heteroatoms. The minimum absolute atomic E-state index is 0.0717. The number of alkyl halides is 3. The average Bonchev–Trinajstić information content (AvgIpc) is 3.10. The summed E-state index contributed by atoms with van der Waals surface area (Å²) in [5.74, 6) is -3.88. The predicted molar refractivity (Wildman–Crippen MR) is 117 cm³/mol. The number of carboxylic acid groups (broad SMARTS) is 1. The molecule has 0 fully saturated rings. The summed E-state index contributed by atoms with van der Waals surface area (Å²) in [4.78, 5) is 36.0. The number of amides is 2. The van der Waals surface area contributed by atoms with Crippen LogP contribution in [0.3, 0.4) is 0 Å². The molecule has 0 radical (unpaired) electrons. The van der Waals surface area contributed by atoms with Gasteiger partial charge in [0.2, 0.25) is 11.4 Å². The molecule has 0 aliphatic heterocycles. The van der Waals surface area contributed by atoms with E-state index >= 15 is 0 Å². The monoisotopic (exact) mass is 476 g/mol. The van der Waals surface area contributed by atoms with Crippen LogP contribution < -0.4 is 10.6 Å². The van der Waals surface area contributed by atoms with Crippen LogP contribution in [0.1, 0.15) is 30.4 Å². The third-order valence-corrected chi connectivity index (χ3v) is 5.72. The van der Waals surface area contributed by atoms with Crippen LogP contribution in [0, 0.1) is 0 Å². The van der Waals surface area contributed by atoms with E-state index in [0.29, 0.717) is 6.92 Å². The van der Waals surface area contributed by atoms with Crippen molar-refractivity contribution in [1.29, 1.82) is 0 Å². The molecule has 34 heavy (non-hydrogen) atoms. The summed E-state index contributed by atoms with van der Waals surface area (Å²) in [6.07, 6.45) is -5.34. The van der Waals surface area contributed by atoms with E-state index < -0.39 is 35.7 Å². The van der Waals surface area contributed by atoms with E-state index in [4.69, 9.17) is 9.84 Å². The fourth-order valence-corrected chi connectivity index (χ4v) is 3.76. The van der Waals surface area contributed by atoms with Crippen molar-refractivity contribution in [3.05, 3.63) is 72.3 Å². The van der Waals surface area contributed by atoms with Crippen LogP contribution in [0.25, 0.3) is 11.1 Å². The highest BCUT2D eigenvalue weighted by Crippen LogP contribution is 2.44. The van der Waals surface area contributed by atoms with Crippen LogP contribution in [0.4, 0.5) is 18.0 Å². The molecule has 2 unspecified atom stereocenters. The van der Waals surface area contributed by atoms with E-state index in [1.165, 1.54) is 11.4 Å². The average molecular weight is 476 g/mol. The second kappa shape index (κ2) is 9.58. The molecule has 0 aromatic heterocycles. The lowest BCUT2D eigenvalue weighted by molar-refractivity contribution is -0.207. The molecule has 180 valence electrons. The van der Waals surface area contributed by atoms with Gasteiger partial charge in [-0.15, -0.1) is 6.58 Å². The highest BCUT2D eigenvalue weighted by Gasteiger charge is 2.58. The van der Waals surface area contributed by atoms with Gasteiger partial charge in [0.25, 0.3) is 0 Å². The van der Waals surface area contributed by atoms with Crippen molar-refractivity contribution in [2.75, 3.05) is 6.61 Å². The summed E-state index contributed by atoms with van der Waals surface area (Å²) in [6, 6.07) is 13.8. The fourth-order valence-electron chi connectivity index (χ4n) is 3.76. The Morgan fingerprint density at radius 2 is 1.62 bits per heavy atom. The van der Waals surface area contributed by atoms with Gasteiger partial charge in [0.05, 0.1) is 0 Å². The molecule has 0 bridgehead atoms. The van der Waals surface area contributed by atoms with Crippen LogP contribution in [0.5, 0.6) is 0 Å². The molecule has 2 aromatic rings. The largest absolute Gasteiger partial charge is 0.479 e. The number of nitrogens with one attached hydrogen (secondary N) is 2. The number of carboxylic acids is 1. The maximum atomic E-state index is 13.2. The minimum atomic E-state index is -5.27. The first-order valence-corrected chi connectivity index (χ1v) is 10.3. The van der Waals surface area contributed by atoms with E-state index in [-0.39, 0.29) is 18.9 Å². The molecule has 0 saturated carbocycles. The second-order valence-electron chi connectivity index (χ2n) is 7.96. The summed E-state index contributed by atoms with van der Waals surface area (Å²) >= 11 is 0. The van der Waals surface area contributed by atoms with Gasteiger partial charge in [0.1, 0.15) is 12.6 Å². The smallest absolute Gasteiger partial charge is 0.422 e. The van der Waals surface area contributed by atoms with Gasteiger partial charge in [-0.05, 0) is 35.6 Å². The molecule has 2 amide bonds. The molecule has 0 heterocycles. The van der Waals surface area contributed by atoms with Crippen molar-refractivity contribution < 1.29 is 37.4 Å². The SMILES string of the molecule is C=CCC(NC(=O)OCC1c2ccccc2-c2ccccc21)C(=O)NC(C)(C(=O)O)C(F)(F)F. The predicted octanol–water partition coefficient (Wildman–Crippen LogP) is 3.99. The summed E-state index contributed by atoms with van der Waals surface area (Å²) in [5.41, 5.74) is 0.401. The Balaban J connectivity index is 1.70. The van der Waals surface area contributed by atoms with E-state index in [2.05, 4.69) is 11.9 Å². The minimum Gasteiger partial charge on any atom is -0.479 e. The molecule has 0 spiro atoms. The third-order valence-electron chi connectivity index (χ3n) is 5.72. The standard InChI is InChI=1S/C24H23F3N2O5/c1-3-8-19(20(30)29-23(2,21(31)32)24(25,26)27)28-22(33)34-13-18-16-11-6-4-9-14(16)15-10-5-7-12-17(15)18/h3-7,9-12,18-19H,1,8,13H2,2H3,(H,28,33)(H,29,30)(H,31,32). The van der Waals surface area contributed by atoms with Gasteiger partial charge in [0.15, 0.2) is 0 Å². The lowest BCUT2D eigenvalue weighted by atomic mass is 9.98. The van der Waals surface area contributed by atoms with E-state index in [0.717, 1.165) is 22.3 Å². The highest BCUT2D eigenvalue weighted by molar-refractivity contribution is 5.91. The Hall–Kier alpha value is -3.82. The van der Waals surface area contributed by atoms with Crippen LogP contribution >= 0.6 is 0 Å². The number of hydrogen-bond acceptors (Lipinski definition) is 4. The van der Waals surface area contributed by atoms with Gasteiger partial charge < -0.3 is 20.5 Å². The summed E-state index contributed by atoms with van der Waals surface area (Å²) in [6.45, 7) is 3.67. The lowest BCUT2D eigenvalue weighted by Gasteiger charge is -2.30. The Kier molecular flexibility index (Phi) is 6.99. The second-order valence-corrected chi connectivity index (χ2v) is 7.96. The molecular formula is C24H23F3N2O5. The number of rotatable bonds is 8. The van der Waals surface area contributed by atoms with Gasteiger partial charge in [-0.2, -0.15) is 13.2 Å². The van der Waals surface area contributed by atoms with Crippen molar-refractivity contribution in [2.45, 2.75) is 37.0 Å². The molecule has 7 nitrogen and oxygen atoms in total. The fraction of sp³-hybridized carbons (Fsp3) is 0.292. The zero-order valence-corrected chi connectivity index (χ0v) is 18.2. The van der Waals surface area contributed by atoms with E-state index in [1.54, 1.807) is 0 Å². The number of halogens is 3. The first kappa shape index (κ1) is 24.8. The molecule has 2 atom stereocenters. The van der Waals surface area contributed by atoms with Gasteiger partial charge in [-0.3, -0.25) is 4.79 Å². The molecule has 3 rings (SSSR count). The number of carbonyl (C=O) groups excluding carboxylic acids is 2. The Labute approximate surface area is 193 Å². The molecule has 1 aliphatic rings. The molecule has 1 aliphatic carbocycles. The first-order valence-electron chi connectivity index (χ1n) is 10.3. The first-order chi connectivity index (χ1) is 16.0. The molecular weight excluding hydrogens is 453 g/mol. The molecule has 2 aromatic carbocycles. The van der Waals surface area contributed by atoms with Crippen molar-refractivity contribution in [1.82, 2.24) is 10.6 Å². The zero-order valence-electron chi connectivity index (χ0n) is 18.2. The van der Waals surface area contributed by atoms with Gasteiger partial charge >= 0.3 is 18.2 Å². The zero-order chi connectivity index (χ0) is 25.1. The highest BCUT2D eigenvalue weighted by atomic mass is 19.4. The number of benzene rings is 2. The van der Waals surface area contributed by atoms with Gasteiger partial charge in [-0.1, -0.05) is 54.6 Å². The van der Waals surface area contributed by atoms with Crippen molar-refractivity contribution in [3.8, 4) is 11.1 Å². The van der Waals surface area contributed by atoms with Crippen molar-refractivity contribution in [2.24, 2.45) is 0 Å². The van der Waals surface area contributed by atoms with Crippen molar-refractivity contribution in [3.63, 3.8) is 0 Å². The quantitative estimate of drug-likeness (QED) is 0.500. The van der Waals surface area contributed by atoms with Gasteiger partial charge in [-0.25, -0.2) is 9.59 Å². The number of alkyl carbamates (subject to hydrolysis) is 1. The van der Waals surface area contributed by atoms with Crippen LogP contribution in [-0.4, -0.2) is 47.4 Å². The number of fused-ring (bicyclic) bond motifs is 3. The number of hydrogen-bond donors (Lipinski definition) is 3. The lowest BCUT2D eigenvalue weighted by Crippen LogP contribution is -2.64. The molecule has 0 saturated heterocycles. The van der Waals surface area contributed by atoms with Crippen LogP contribution in [0.2, 0.25) is 0 Å². The Bertz CT molecular complexity index is 1070. The summed E-state index contributed by atoms with van der Waals surface area (Å²) in [5, 5.41) is 12.7. The van der Waals surface area contributed by atoms with Crippen molar-refractivity contribution >= 4 is 18.0 Å². The maximum absolute atomic E-state index is 13.2.